The quantitative estimate of drug-likeness (QED) is 0.505. The van der Waals surface area contributed by atoms with Crippen LogP contribution in [0, 0.1) is 0 Å². The number of methoxy groups -OCH3 is 1. The maximum absolute atomic E-state index is 13.2. The van der Waals surface area contributed by atoms with Crippen LogP contribution in [0.5, 0.6) is 0 Å². The molecule has 1 aromatic heterocycles. The van der Waals surface area contributed by atoms with Gasteiger partial charge in [-0.15, -0.1) is 0 Å². The molecule has 30 heavy (non-hydrogen) atoms. The topological polar surface area (TPSA) is 72.8 Å². The molecule has 7 heteroatoms. The average Bonchev–Trinajstić information content (AvgIpc) is 3.55. The third-order valence-electron chi connectivity index (χ3n) is 5.93. The molecule has 2 aromatic rings. The lowest BCUT2D eigenvalue weighted by Crippen LogP contribution is -2.49. The van der Waals surface area contributed by atoms with Crippen LogP contribution in [0.2, 0.25) is 0 Å². The summed E-state index contributed by atoms with van der Waals surface area (Å²) >= 11 is 0. The first-order valence-electron chi connectivity index (χ1n) is 10.8. The minimum absolute atomic E-state index is 0.0554. The summed E-state index contributed by atoms with van der Waals surface area (Å²) in [6, 6.07) is 6.16. The predicted octanol–water partition coefficient (Wildman–Crippen LogP) is 2.36. The number of Topliss-reactive ketones (excluding diaryl/α,β-unsaturated/α-hetero) is 1. The van der Waals surface area contributed by atoms with E-state index in [1.807, 2.05) is 23.1 Å². The van der Waals surface area contributed by atoms with Gasteiger partial charge in [0.2, 0.25) is 0 Å². The van der Waals surface area contributed by atoms with E-state index in [9.17, 15) is 9.59 Å². The van der Waals surface area contributed by atoms with Crippen molar-refractivity contribution in [3.63, 3.8) is 0 Å². The van der Waals surface area contributed by atoms with Crippen LogP contribution in [-0.4, -0.2) is 66.7 Å². The van der Waals surface area contributed by atoms with Crippen molar-refractivity contribution >= 4 is 22.6 Å². The summed E-state index contributed by atoms with van der Waals surface area (Å²) in [6.45, 7) is 5.58. The van der Waals surface area contributed by atoms with E-state index in [1.54, 1.807) is 14.0 Å². The first-order chi connectivity index (χ1) is 14.6. The number of carbonyl (C=O) groups excluding carboxylic acids is 2. The Kier molecular flexibility index (Phi) is 6.51. The number of aryl methyl sites for hydroxylation is 1. The van der Waals surface area contributed by atoms with Crippen molar-refractivity contribution in [2.75, 3.05) is 33.4 Å². The first-order valence-corrected chi connectivity index (χ1v) is 10.8. The number of fused-ring (bicyclic) bond motifs is 1. The molecular weight excluding hydrogens is 382 g/mol. The van der Waals surface area contributed by atoms with Crippen molar-refractivity contribution < 1.29 is 19.1 Å². The standard InChI is InChI=1S/C23H31N3O4/c1-16(27)17-4-7-20-18(14-25(21(20)12-17)9-3-10-29-2)15-26(19-5-6-19)23(28)22-13-24-8-11-30-22/h4,7,12,14,19,22,24H,3,5-6,8-11,13,15H2,1-2H3/t22-/m1/s1. The van der Waals surface area contributed by atoms with Gasteiger partial charge in [0.25, 0.3) is 5.91 Å². The fourth-order valence-corrected chi connectivity index (χ4v) is 4.14. The second-order valence-corrected chi connectivity index (χ2v) is 8.24. The van der Waals surface area contributed by atoms with Crippen molar-refractivity contribution in [2.24, 2.45) is 0 Å². The summed E-state index contributed by atoms with van der Waals surface area (Å²) in [4.78, 5) is 27.1. The molecule has 1 aliphatic heterocycles. The molecule has 1 saturated heterocycles. The number of aromatic nitrogens is 1. The largest absolute Gasteiger partial charge is 0.385 e. The van der Waals surface area contributed by atoms with Crippen LogP contribution < -0.4 is 5.32 Å². The fraction of sp³-hybridized carbons (Fsp3) is 0.565. The van der Waals surface area contributed by atoms with Crippen LogP contribution in [0.15, 0.2) is 24.4 Å². The van der Waals surface area contributed by atoms with Gasteiger partial charge in [-0.2, -0.15) is 0 Å². The Hall–Kier alpha value is -2.22. The number of ether oxygens (including phenoxy) is 2. The molecule has 7 nitrogen and oxygen atoms in total. The van der Waals surface area contributed by atoms with E-state index in [0.29, 0.717) is 37.9 Å². The summed E-state index contributed by atoms with van der Waals surface area (Å²) in [5, 5.41) is 4.35. The fourth-order valence-electron chi connectivity index (χ4n) is 4.14. The van der Waals surface area contributed by atoms with Crippen molar-refractivity contribution in [3.05, 3.63) is 35.5 Å². The molecule has 1 N–H and O–H groups in total. The maximum Gasteiger partial charge on any atom is 0.253 e. The Morgan fingerprint density at radius 3 is 2.83 bits per heavy atom. The molecule has 1 aliphatic carbocycles. The molecule has 1 atom stereocenters. The summed E-state index contributed by atoms with van der Waals surface area (Å²) in [5.74, 6) is 0.130. The van der Waals surface area contributed by atoms with E-state index in [0.717, 1.165) is 48.8 Å². The van der Waals surface area contributed by atoms with Gasteiger partial charge in [0, 0.05) is 68.6 Å². The Labute approximate surface area is 177 Å². The van der Waals surface area contributed by atoms with E-state index in [-0.39, 0.29) is 11.7 Å². The molecule has 1 amide bonds. The third kappa shape index (κ3) is 4.58. The van der Waals surface area contributed by atoms with E-state index in [1.165, 1.54) is 0 Å². The van der Waals surface area contributed by atoms with Crippen molar-refractivity contribution in [1.29, 1.82) is 0 Å². The molecule has 1 aromatic carbocycles. The highest BCUT2D eigenvalue weighted by Gasteiger charge is 2.37. The van der Waals surface area contributed by atoms with Crippen LogP contribution in [0.1, 0.15) is 42.1 Å². The zero-order valence-corrected chi connectivity index (χ0v) is 17.9. The lowest BCUT2D eigenvalue weighted by molar-refractivity contribution is -0.146. The van der Waals surface area contributed by atoms with Crippen LogP contribution in [0.3, 0.4) is 0 Å². The molecule has 162 valence electrons. The molecule has 1 saturated carbocycles. The molecule has 2 aliphatic rings. The van der Waals surface area contributed by atoms with Crippen molar-refractivity contribution in [3.8, 4) is 0 Å². The van der Waals surface area contributed by atoms with Gasteiger partial charge in [-0.1, -0.05) is 12.1 Å². The third-order valence-corrected chi connectivity index (χ3v) is 5.93. The second-order valence-electron chi connectivity index (χ2n) is 8.24. The highest BCUT2D eigenvalue weighted by atomic mass is 16.5. The summed E-state index contributed by atoms with van der Waals surface area (Å²) in [6.07, 6.45) is 4.71. The van der Waals surface area contributed by atoms with Gasteiger partial charge in [-0.05, 0) is 37.8 Å². The summed E-state index contributed by atoms with van der Waals surface area (Å²) in [5.41, 5.74) is 2.85. The van der Waals surface area contributed by atoms with Crippen LogP contribution >= 0.6 is 0 Å². The molecule has 4 rings (SSSR count). The highest BCUT2D eigenvalue weighted by Crippen LogP contribution is 2.32. The maximum atomic E-state index is 13.2. The van der Waals surface area contributed by atoms with Crippen LogP contribution in [-0.2, 0) is 27.4 Å². The number of ketones is 1. The van der Waals surface area contributed by atoms with Crippen LogP contribution in [0.25, 0.3) is 10.9 Å². The Morgan fingerprint density at radius 2 is 2.17 bits per heavy atom. The van der Waals surface area contributed by atoms with Gasteiger partial charge in [0.15, 0.2) is 5.78 Å². The summed E-state index contributed by atoms with van der Waals surface area (Å²) in [7, 11) is 1.70. The average molecular weight is 414 g/mol. The predicted molar refractivity (Wildman–Crippen MR) is 115 cm³/mol. The van der Waals surface area contributed by atoms with Gasteiger partial charge in [0.05, 0.1) is 6.61 Å². The van der Waals surface area contributed by atoms with E-state index < -0.39 is 6.10 Å². The number of nitrogens with zero attached hydrogens (tertiary/aromatic N) is 2. The van der Waals surface area contributed by atoms with E-state index in [4.69, 9.17) is 9.47 Å². The monoisotopic (exact) mass is 413 g/mol. The van der Waals surface area contributed by atoms with Gasteiger partial charge in [-0.25, -0.2) is 0 Å². The minimum Gasteiger partial charge on any atom is -0.385 e. The number of carbonyl (C=O) groups is 2. The number of amides is 1. The van der Waals surface area contributed by atoms with E-state index in [2.05, 4.69) is 16.1 Å². The summed E-state index contributed by atoms with van der Waals surface area (Å²) < 4.78 is 13.1. The number of benzene rings is 1. The van der Waals surface area contributed by atoms with Gasteiger partial charge >= 0.3 is 0 Å². The first kappa shape index (κ1) is 21.0. The highest BCUT2D eigenvalue weighted by molar-refractivity contribution is 5.98. The lowest BCUT2D eigenvalue weighted by Gasteiger charge is -2.30. The second kappa shape index (κ2) is 9.29. The smallest absolute Gasteiger partial charge is 0.253 e. The Morgan fingerprint density at radius 1 is 1.33 bits per heavy atom. The zero-order valence-electron chi connectivity index (χ0n) is 17.9. The molecule has 0 unspecified atom stereocenters. The molecular formula is C23H31N3O4. The Bertz CT molecular complexity index is 913. The zero-order chi connectivity index (χ0) is 21.1. The molecule has 0 radical (unpaired) electrons. The lowest BCUT2D eigenvalue weighted by atomic mass is 10.1. The number of hydrogen-bond donors (Lipinski definition) is 1. The SMILES string of the molecule is COCCCn1cc(CN(C(=O)[C@H]2CNCCO2)C2CC2)c2ccc(C(C)=O)cc21. The molecule has 0 bridgehead atoms. The van der Waals surface area contributed by atoms with Crippen LogP contribution in [0.4, 0.5) is 0 Å². The van der Waals surface area contributed by atoms with Crippen molar-refractivity contribution in [1.82, 2.24) is 14.8 Å². The van der Waals surface area contributed by atoms with E-state index >= 15 is 0 Å². The number of rotatable bonds is 9. The molecule has 2 fully saturated rings. The Balaban J connectivity index is 1.62. The number of morpholine rings is 1. The molecule has 0 spiro atoms. The normalized spacial score (nSPS) is 19.2. The minimum atomic E-state index is -0.404. The number of nitrogens with one attached hydrogen (secondary N) is 1. The molecule has 2 heterocycles. The van der Waals surface area contributed by atoms with Gasteiger partial charge in [-0.3, -0.25) is 9.59 Å². The van der Waals surface area contributed by atoms with Gasteiger partial charge in [0.1, 0.15) is 6.10 Å². The number of hydrogen-bond acceptors (Lipinski definition) is 5. The van der Waals surface area contributed by atoms with Gasteiger partial charge < -0.3 is 24.3 Å². The van der Waals surface area contributed by atoms with Crippen molar-refractivity contribution in [2.45, 2.75) is 51.4 Å².